The fourth-order valence-electron chi connectivity index (χ4n) is 2.27. The van der Waals surface area contributed by atoms with Crippen LogP contribution >= 0.6 is 0 Å². The molecular weight excluding hydrogens is 397 g/mol. The van der Waals surface area contributed by atoms with E-state index >= 15 is 0 Å². The standard InChI is InChI=1S/C17H40O5Si4/c1-15(2)17(18)19-14-13-16(3)26(20-23(4,5)6,21-24(7,8)9)22-25(10,11)12/h16H,1,13-14H2,2-12H3. The molecule has 0 fully saturated rings. The maximum Gasteiger partial charge on any atom is 0.472 e. The lowest BCUT2D eigenvalue weighted by atomic mass is 10.3. The van der Waals surface area contributed by atoms with Crippen LogP contribution in [0.15, 0.2) is 12.2 Å². The van der Waals surface area contributed by atoms with Crippen LogP contribution in [-0.2, 0) is 21.9 Å². The second kappa shape index (κ2) is 9.44. The highest BCUT2D eigenvalue weighted by Crippen LogP contribution is 2.36. The number of carbonyl (C=O) groups is 1. The second-order valence-electron chi connectivity index (χ2n) is 9.85. The third-order valence-corrected chi connectivity index (χ3v) is 15.3. The minimum atomic E-state index is -2.93. The molecule has 0 radical (unpaired) electrons. The van der Waals surface area contributed by atoms with Crippen molar-refractivity contribution in [1.29, 1.82) is 0 Å². The highest BCUT2D eigenvalue weighted by atomic mass is 28.5. The molecule has 0 bridgehead atoms. The highest BCUT2D eigenvalue weighted by molar-refractivity contribution is 6.90. The van der Waals surface area contributed by atoms with Crippen molar-refractivity contribution in [2.24, 2.45) is 0 Å². The molecule has 26 heavy (non-hydrogen) atoms. The van der Waals surface area contributed by atoms with Crippen molar-refractivity contribution in [3.05, 3.63) is 12.2 Å². The van der Waals surface area contributed by atoms with Gasteiger partial charge >= 0.3 is 14.8 Å². The fraction of sp³-hybridized carbons (Fsp3) is 0.824. The summed E-state index contributed by atoms with van der Waals surface area (Å²) < 4.78 is 25.4. The normalized spacial score (nSPS) is 14.9. The number of hydrogen-bond acceptors (Lipinski definition) is 5. The Morgan fingerprint density at radius 1 is 0.846 bits per heavy atom. The van der Waals surface area contributed by atoms with Crippen LogP contribution in [0.25, 0.3) is 0 Å². The van der Waals surface area contributed by atoms with E-state index in [2.05, 4.69) is 72.4 Å². The van der Waals surface area contributed by atoms with Crippen LogP contribution < -0.4 is 0 Å². The molecule has 0 aromatic carbocycles. The summed E-state index contributed by atoms with van der Waals surface area (Å²) in [6, 6.07) is 0. The van der Waals surface area contributed by atoms with Crippen LogP contribution in [0.1, 0.15) is 20.3 Å². The van der Waals surface area contributed by atoms with E-state index < -0.39 is 33.8 Å². The zero-order chi connectivity index (χ0) is 21.0. The first-order valence-electron chi connectivity index (χ1n) is 9.30. The van der Waals surface area contributed by atoms with Crippen LogP contribution in [0.4, 0.5) is 0 Å². The van der Waals surface area contributed by atoms with Gasteiger partial charge in [0.25, 0.3) is 0 Å². The molecule has 0 saturated heterocycles. The van der Waals surface area contributed by atoms with Crippen molar-refractivity contribution in [2.75, 3.05) is 6.61 Å². The van der Waals surface area contributed by atoms with Gasteiger partial charge in [0.2, 0.25) is 0 Å². The van der Waals surface area contributed by atoms with Crippen LogP contribution in [0.2, 0.25) is 64.5 Å². The first-order chi connectivity index (χ1) is 11.4. The summed E-state index contributed by atoms with van der Waals surface area (Å²) in [7, 11) is -8.63. The van der Waals surface area contributed by atoms with Gasteiger partial charge in [-0.25, -0.2) is 4.79 Å². The number of esters is 1. The van der Waals surface area contributed by atoms with Crippen molar-refractivity contribution < 1.29 is 21.9 Å². The number of ether oxygens (including phenoxy) is 1. The average molecular weight is 437 g/mol. The zero-order valence-electron chi connectivity index (χ0n) is 18.7. The molecule has 1 unspecified atom stereocenters. The van der Waals surface area contributed by atoms with E-state index in [9.17, 15) is 4.79 Å². The Labute approximate surface area is 165 Å². The molecular formula is C17H40O5Si4. The fourth-order valence-corrected chi connectivity index (χ4v) is 17.0. The summed E-state index contributed by atoms with van der Waals surface area (Å²) in [5.41, 5.74) is 0.474. The van der Waals surface area contributed by atoms with Crippen molar-refractivity contribution >= 4 is 39.7 Å². The van der Waals surface area contributed by atoms with Gasteiger partial charge in [-0.1, -0.05) is 13.5 Å². The molecule has 9 heteroatoms. The van der Waals surface area contributed by atoms with E-state index in [0.29, 0.717) is 18.6 Å². The van der Waals surface area contributed by atoms with Gasteiger partial charge < -0.3 is 17.1 Å². The van der Waals surface area contributed by atoms with E-state index in [-0.39, 0.29) is 11.5 Å². The van der Waals surface area contributed by atoms with Gasteiger partial charge in [-0.3, -0.25) is 0 Å². The topological polar surface area (TPSA) is 54.0 Å². The van der Waals surface area contributed by atoms with Crippen molar-refractivity contribution in [3.8, 4) is 0 Å². The van der Waals surface area contributed by atoms with E-state index in [4.69, 9.17) is 17.1 Å². The summed E-state index contributed by atoms with van der Waals surface area (Å²) in [5, 5.41) is 0. The van der Waals surface area contributed by atoms with Crippen LogP contribution in [-0.4, -0.2) is 46.3 Å². The molecule has 0 aromatic rings. The lowest BCUT2D eigenvalue weighted by Gasteiger charge is -2.45. The molecule has 0 amide bonds. The SMILES string of the molecule is C=C(C)C(=O)OCCC(C)[Si](O[Si](C)(C)C)(O[Si](C)(C)C)O[Si](C)(C)C. The molecule has 154 valence electrons. The van der Waals surface area contributed by atoms with Gasteiger partial charge in [-0.2, -0.15) is 0 Å². The van der Waals surface area contributed by atoms with E-state index in [1.165, 1.54) is 0 Å². The van der Waals surface area contributed by atoms with Crippen molar-refractivity contribution in [2.45, 2.75) is 84.7 Å². The quantitative estimate of drug-likeness (QED) is 0.247. The molecule has 0 spiro atoms. The summed E-state index contributed by atoms with van der Waals surface area (Å²) in [6.07, 6.45) is 0.657. The van der Waals surface area contributed by atoms with E-state index in [0.717, 1.165) is 0 Å². The molecule has 0 rings (SSSR count). The molecule has 0 aliphatic carbocycles. The third-order valence-electron chi connectivity index (χ3n) is 3.08. The van der Waals surface area contributed by atoms with Gasteiger partial charge in [-0.05, 0) is 72.3 Å². The van der Waals surface area contributed by atoms with E-state index in [1.807, 2.05) is 0 Å². The monoisotopic (exact) mass is 436 g/mol. The summed E-state index contributed by atoms with van der Waals surface area (Å²) >= 11 is 0. The van der Waals surface area contributed by atoms with Gasteiger partial charge in [0, 0.05) is 11.1 Å². The number of carbonyl (C=O) groups excluding carboxylic acids is 1. The molecule has 0 aromatic heterocycles. The minimum absolute atomic E-state index is 0.0607. The first-order valence-corrected chi connectivity index (χ1v) is 21.3. The Hall–Kier alpha value is -0.0425. The Morgan fingerprint density at radius 2 is 1.19 bits per heavy atom. The lowest BCUT2D eigenvalue weighted by Crippen LogP contribution is -2.62. The smallest absolute Gasteiger partial charge is 0.462 e. The molecule has 0 saturated carbocycles. The van der Waals surface area contributed by atoms with Gasteiger partial charge in [0.1, 0.15) is 0 Å². The maximum absolute atomic E-state index is 11.7. The third kappa shape index (κ3) is 11.0. The molecule has 5 nitrogen and oxygen atoms in total. The average Bonchev–Trinajstić information content (AvgIpc) is 2.31. The molecule has 0 heterocycles. The number of rotatable bonds is 11. The van der Waals surface area contributed by atoms with Gasteiger partial charge in [-0.15, -0.1) is 0 Å². The zero-order valence-corrected chi connectivity index (χ0v) is 22.7. The lowest BCUT2D eigenvalue weighted by molar-refractivity contribution is -0.139. The summed E-state index contributed by atoms with van der Waals surface area (Å²) in [5.74, 6) is -0.354. The van der Waals surface area contributed by atoms with Crippen LogP contribution in [0.5, 0.6) is 0 Å². The Balaban J connectivity index is 5.60. The highest BCUT2D eigenvalue weighted by Gasteiger charge is 2.53. The Bertz CT molecular complexity index is 448. The molecule has 0 N–H and O–H groups in total. The van der Waals surface area contributed by atoms with E-state index in [1.54, 1.807) is 6.92 Å². The minimum Gasteiger partial charge on any atom is -0.462 e. The van der Waals surface area contributed by atoms with Crippen molar-refractivity contribution in [1.82, 2.24) is 0 Å². The predicted octanol–water partition coefficient (Wildman–Crippen LogP) is 5.38. The molecule has 0 aliphatic heterocycles. The van der Waals surface area contributed by atoms with Gasteiger partial charge in [0.15, 0.2) is 25.0 Å². The summed E-state index contributed by atoms with van der Waals surface area (Å²) in [4.78, 5) is 11.7. The predicted molar refractivity (Wildman–Crippen MR) is 119 cm³/mol. The maximum atomic E-state index is 11.7. The first kappa shape index (κ1) is 26.0. The van der Waals surface area contributed by atoms with Crippen molar-refractivity contribution in [3.63, 3.8) is 0 Å². The van der Waals surface area contributed by atoms with Crippen LogP contribution in [0, 0.1) is 0 Å². The van der Waals surface area contributed by atoms with Crippen LogP contribution in [0.3, 0.4) is 0 Å². The second-order valence-corrected chi connectivity index (χ2v) is 27.2. The Morgan fingerprint density at radius 3 is 1.46 bits per heavy atom. The molecule has 1 atom stereocenters. The largest absolute Gasteiger partial charge is 0.472 e. The molecule has 0 aliphatic rings. The summed E-state index contributed by atoms with van der Waals surface area (Å²) in [6.45, 7) is 27.2. The van der Waals surface area contributed by atoms with Gasteiger partial charge in [0.05, 0.1) is 6.61 Å². The number of hydrogen-bond donors (Lipinski definition) is 0. The Kier molecular flexibility index (Phi) is 9.42.